The Balaban J connectivity index is 1.28. The van der Waals surface area contributed by atoms with E-state index in [1.807, 2.05) is 60.7 Å². The van der Waals surface area contributed by atoms with Gasteiger partial charge in [-0.3, -0.25) is 0 Å². The van der Waals surface area contributed by atoms with Crippen molar-refractivity contribution in [2.75, 3.05) is 13.1 Å². The molecule has 2 fully saturated rings. The minimum Gasteiger partial charge on any atom is -0.445 e. The van der Waals surface area contributed by atoms with Crippen LogP contribution < -0.4 is 0 Å². The van der Waals surface area contributed by atoms with Crippen molar-refractivity contribution in [2.45, 2.75) is 37.9 Å². The molecule has 0 radical (unpaired) electrons. The third-order valence-corrected chi connectivity index (χ3v) is 5.93. The molecule has 0 atom stereocenters. The van der Waals surface area contributed by atoms with Gasteiger partial charge in [-0.15, -0.1) is 0 Å². The summed E-state index contributed by atoms with van der Waals surface area (Å²) in [4.78, 5) is 14.1. The summed E-state index contributed by atoms with van der Waals surface area (Å²) in [5.41, 5.74) is 1.48. The van der Waals surface area contributed by atoms with Crippen LogP contribution in [0.3, 0.4) is 0 Å². The molecule has 136 valence electrons. The third-order valence-electron chi connectivity index (χ3n) is 5.93. The van der Waals surface area contributed by atoms with E-state index in [1.54, 1.807) is 4.90 Å². The third kappa shape index (κ3) is 3.34. The highest BCUT2D eigenvalue weighted by molar-refractivity contribution is 5.67. The SMILES string of the molecule is O=C(OCc1ccccc1)N1CCC2(CC1)CC(O)(c1ccccc1)C2. The Morgan fingerprint density at radius 3 is 2.15 bits per heavy atom. The smallest absolute Gasteiger partial charge is 0.410 e. The van der Waals surface area contributed by atoms with Crippen molar-refractivity contribution in [2.24, 2.45) is 5.41 Å². The van der Waals surface area contributed by atoms with Gasteiger partial charge in [0, 0.05) is 13.1 Å². The molecule has 1 saturated heterocycles. The van der Waals surface area contributed by atoms with E-state index in [4.69, 9.17) is 4.74 Å². The van der Waals surface area contributed by atoms with Crippen LogP contribution in [0.25, 0.3) is 0 Å². The fourth-order valence-corrected chi connectivity index (χ4v) is 4.47. The Kier molecular flexibility index (Phi) is 4.45. The van der Waals surface area contributed by atoms with Gasteiger partial charge in [0.25, 0.3) is 0 Å². The molecule has 1 saturated carbocycles. The van der Waals surface area contributed by atoms with Gasteiger partial charge in [0.05, 0.1) is 5.60 Å². The number of piperidine rings is 1. The molecule has 0 bridgehead atoms. The summed E-state index contributed by atoms with van der Waals surface area (Å²) in [5.74, 6) is 0. The van der Waals surface area contributed by atoms with Gasteiger partial charge in [0.15, 0.2) is 0 Å². The molecular weight excluding hydrogens is 326 g/mol. The second kappa shape index (κ2) is 6.76. The predicted octanol–water partition coefficient (Wildman–Crippen LogP) is 4.09. The minimum atomic E-state index is -0.697. The molecule has 4 heteroatoms. The average molecular weight is 351 g/mol. The Morgan fingerprint density at radius 2 is 1.54 bits per heavy atom. The van der Waals surface area contributed by atoms with Crippen molar-refractivity contribution >= 4 is 6.09 Å². The number of carbonyl (C=O) groups excluding carboxylic acids is 1. The first kappa shape index (κ1) is 17.1. The predicted molar refractivity (Wildman–Crippen MR) is 99.4 cm³/mol. The quantitative estimate of drug-likeness (QED) is 0.906. The lowest BCUT2D eigenvalue weighted by atomic mass is 9.53. The highest BCUT2D eigenvalue weighted by atomic mass is 16.6. The topological polar surface area (TPSA) is 49.8 Å². The van der Waals surface area contributed by atoms with Crippen LogP contribution in [0.4, 0.5) is 4.79 Å². The highest BCUT2D eigenvalue weighted by Gasteiger charge is 2.55. The summed E-state index contributed by atoms with van der Waals surface area (Å²) >= 11 is 0. The Hall–Kier alpha value is -2.33. The zero-order chi connectivity index (χ0) is 18.0. The van der Waals surface area contributed by atoms with Crippen LogP contribution in [0.2, 0.25) is 0 Å². The number of nitrogens with zero attached hydrogens (tertiary/aromatic N) is 1. The van der Waals surface area contributed by atoms with Crippen molar-refractivity contribution in [3.8, 4) is 0 Å². The first-order valence-corrected chi connectivity index (χ1v) is 9.32. The van der Waals surface area contributed by atoms with Gasteiger partial charge in [-0.1, -0.05) is 60.7 Å². The van der Waals surface area contributed by atoms with E-state index >= 15 is 0 Å². The molecule has 2 aromatic carbocycles. The van der Waals surface area contributed by atoms with Gasteiger partial charge >= 0.3 is 6.09 Å². The molecule has 4 rings (SSSR count). The van der Waals surface area contributed by atoms with Crippen molar-refractivity contribution in [3.63, 3.8) is 0 Å². The second-order valence-electron chi connectivity index (χ2n) is 7.78. The maximum Gasteiger partial charge on any atom is 0.410 e. The Labute approximate surface area is 154 Å². The molecule has 2 aromatic rings. The number of aliphatic hydroxyl groups is 1. The molecule has 1 spiro atoms. The van der Waals surface area contributed by atoms with E-state index in [1.165, 1.54) is 0 Å². The maximum absolute atomic E-state index is 12.3. The molecule has 0 aromatic heterocycles. The fourth-order valence-electron chi connectivity index (χ4n) is 4.47. The maximum atomic E-state index is 12.3. The van der Waals surface area contributed by atoms with Crippen LogP contribution in [-0.4, -0.2) is 29.2 Å². The van der Waals surface area contributed by atoms with Crippen LogP contribution in [0.15, 0.2) is 60.7 Å². The molecule has 26 heavy (non-hydrogen) atoms. The molecule has 4 nitrogen and oxygen atoms in total. The van der Waals surface area contributed by atoms with Crippen molar-refractivity contribution in [1.82, 2.24) is 4.90 Å². The van der Waals surface area contributed by atoms with E-state index < -0.39 is 5.60 Å². The molecule has 1 amide bonds. The lowest BCUT2D eigenvalue weighted by Crippen LogP contribution is -2.55. The van der Waals surface area contributed by atoms with Crippen LogP contribution >= 0.6 is 0 Å². The van der Waals surface area contributed by atoms with Crippen LogP contribution in [0, 0.1) is 5.41 Å². The minimum absolute atomic E-state index is 0.167. The summed E-state index contributed by atoms with van der Waals surface area (Å²) in [7, 11) is 0. The molecule has 0 unspecified atom stereocenters. The summed E-state index contributed by atoms with van der Waals surface area (Å²) in [6.45, 7) is 1.73. The molecule has 1 aliphatic heterocycles. The van der Waals surface area contributed by atoms with E-state index in [0.717, 1.165) is 36.8 Å². The number of carbonyl (C=O) groups is 1. The van der Waals surface area contributed by atoms with Gasteiger partial charge in [0.2, 0.25) is 0 Å². The largest absolute Gasteiger partial charge is 0.445 e. The van der Waals surface area contributed by atoms with Crippen LogP contribution in [-0.2, 0) is 16.9 Å². The van der Waals surface area contributed by atoms with Gasteiger partial charge in [-0.05, 0) is 42.2 Å². The summed E-state index contributed by atoms with van der Waals surface area (Å²) < 4.78 is 5.44. The number of hydrogen-bond donors (Lipinski definition) is 1. The summed E-state index contributed by atoms with van der Waals surface area (Å²) in [5, 5.41) is 10.9. The van der Waals surface area contributed by atoms with Crippen LogP contribution in [0.5, 0.6) is 0 Å². The van der Waals surface area contributed by atoms with Gasteiger partial charge in [-0.25, -0.2) is 4.79 Å². The molecule has 2 aliphatic rings. The molecule has 1 N–H and O–H groups in total. The number of rotatable bonds is 3. The summed E-state index contributed by atoms with van der Waals surface area (Å²) in [6, 6.07) is 19.7. The first-order valence-electron chi connectivity index (χ1n) is 9.32. The number of ether oxygens (including phenoxy) is 1. The number of hydrogen-bond acceptors (Lipinski definition) is 3. The van der Waals surface area contributed by atoms with Gasteiger partial charge in [0.1, 0.15) is 6.61 Å². The van der Waals surface area contributed by atoms with E-state index in [2.05, 4.69) is 0 Å². The second-order valence-corrected chi connectivity index (χ2v) is 7.78. The molecule has 1 aliphatic carbocycles. The van der Waals surface area contributed by atoms with Gasteiger partial charge < -0.3 is 14.7 Å². The Morgan fingerprint density at radius 1 is 0.962 bits per heavy atom. The molecular formula is C22H25NO3. The first-order chi connectivity index (χ1) is 12.6. The van der Waals surface area contributed by atoms with Gasteiger partial charge in [-0.2, -0.15) is 0 Å². The van der Waals surface area contributed by atoms with E-state index in [9.17, 15) is 9.90 Å². The fraction of sp³-hybridized carbons (Fsp3) is 0.409. The van der Waals surface area contributed by atoms with Crippen molar-refractivity contribution in [1.29, 1.82) is 0 Å². The number of benzene rings is 2. The van der Waals surface area contributed by atoms with Crippen LogP contribution in [0.1, 0.15) is 36.8 Å². The highest BCUT2D eigenvalue weighted by Crippen LogP contribution is 2.59. The van der Waals surface area contributed by atoms with E-state index in [-0.39, 0.29) is 11.5 Å². The average Bonchev–Trinajstić information content (AvgIpc) is 2.67. The molecule has 1 heterocycles. The lowest BCUT2D eigenvalue weighted by molar-refractivity contribution is -0.153. The normalized spacial score (nSPS) is 20.4. The van der Waals surface area contributed by atoms with E-state index in [0.29, 0.717) is 19.7 Å². The zero-order valence-electron chi connectivity index (χ0n) is 14.9. The zero-order valence-corrected chi connectivity index (χ0v) is 14.9. The van der Waals surface area contributed by atoms with Crippen molar-refractivity contribution in [3.05, 3.63) is 71.8 Å². The summed E-state index contributed by atoms with van der Waals surface area (Å²) in [6.07, 6.45) is 3.21. The van der Waals surface area contributed by atoms with Crippen molar-refractivity contribution < 1.29 is 14.6 Å². The lowest BCUT2D eigenvalue weighted by Gasteiger charge is -2.56. The number of likely N-dealkylation sites (tertiary alicyclic amines) is 1. The Bertz CT molecular complexity index is 743. The monoisotopic (exact) mass is 351 g/mol. The standard InChI is InChI=1S/C22H25NO3/c24-20(26-15-18-7-3-1-4-8-18)23-13-11-21(12-14-23)16-22(25,17-21)19-9-5-2-6-10-19/h1-10,25H,11-17H2. The number of amides is 1.